The Bertz CT molecular complexity index is 714. The predicted molar refractivity (Wildman–Crippen MR) is 88.4 cm³/mol. The fourth-order valence-corrected chi connectivity index (χ4v) is 2.17. The molecule has 0 aliphatic heterocycles. The number of nitrogens with zero attached hydrogens (tertiary/aromatic N) is 5. The van der Waals surface area contributed by atoms with Gasteiger partial charge >= 0.3 is 6.09 Å². The minimum absolute atomic E-state index is 0.126. The van der Waals surface area contributed by atoms with E-state index in [2.05, 4.69) is 15.2 Å². The molecule has 0 bridgehead atoms. The first kappa shape index (κ1) is 18.0. The Kier molecular flexibility index (Phi) is 4.96. The third kappa shape index (κ3) is 4.33. The largest absolute Gasteiger partial charge is 0.444 e. The quantitative estimate of drug-likeness (QED) is 0.853. The van der Waals surface area contributed by atoms with Gasteiger partial charge in [-0.3, -0.25) is 4.68 Å². The third-order valence-corrected chi connectivity index (χ3v) is 3.51. The summed E-state index contributed by atoms with van der Waals surface area (Å²) in [6.07, 6.45) is 0.0942. The average Bonchev–Trinajstić information content (AvgIpc) is 3.02. The van der Waals surface area contributed by atoms with Crippen LogP contribution in [-0.4, -0.2) is 49.6 Å². The van der Waals surface area contributed by atoms with Crippen LogP contribution in [0.25, 0.3) is 11.6 Å². The highest BCUT2D eigenvalue weighted by Gasteiger charge is 2.24. The van der Waals surface area contributed by atoms with Gasteiger partial charge in [0.1, 0.15) is 11.3 Å². The summed E-state index contributed by atoms with van der Waals surface area (Å²) in [6.45, 7) is 9.33. The Morgan fingerprint density at radius 1 is 1.46 bits per heavy atom. The molecule has 2 rings (SSSR count). The molecule has 0 radical (unpaired) electrons. The number of aryl methyl sites for hydroxylation is 2. The zero-order valence-electron chi connectivity index (χ0n) is 15.3. The molecule has 0 spiro atoms. The number of carbonyl (C=O) groups is 1. The van der Waals surface area contributed by atoms with Crippen LogP contribution in [0, 0.1) is 6.92 Å². The predicted octanol–water partition coefficient (Wildman–Crippen LogP) is 2.58. The highest BCUT2D eigenvalue weighted by atomic mass is 16.6. The van der Waals surface area contributed by atoms with Crippen molar-refractivity contribution >= 4 is 6.09 Å². The second kappa shape index (κ2) is 6.62. The molecule has 2 aromatic rings. The van der Waals surface area contributed by atoms with Gasteiger partial charge in [-0.1, -0.05) is 5.16 Å². The van der Waals surface area contributed by atoms with Gasteiger partial charge in [-0.25, -0.2) is 4.79 Å². The van der Waals surface area contributed by atoms with Crippen LogP contribution < -0.4 is 0 Å². The normalized spacial score (nSPS) is 13.0. The van der Waals surface area contributed by atoms with Crippen molar-refractivity contribution in [3.63, 3.8) is 0 Å². The summed E-state index contributed by atoms with van der Waals surface area (Å²) in [5.41, 5.74) is 1.12. The van der Waals surface area contributed by atoms with Gasteiger partial charge in [-0.15, -0.1) is 0 Å². The number of amides is 1. The van der Waals surface area contributed by atoms with Crippen molar-refractivity contribution in [2.45, 2.75) is 52.7 Å². The van der Waals surface area contributed by atoms with Gasteiger partial charge in [0.25, 0.3) is 5.89 Å². The summed E-state index contributed by atoms with van der Waals surface area (Å²) in [5.74, 6) is 0.951. The van der Waals surface area contributed by atoms with E-state index in [0.717, 1.165) is 11.4 Å². The Morgan fingerprint density at radius 3 is 2.67 bits per heavy atom. The lowest BCUT2D eigenvalue weighted by molar-refractivity contribution is 0.0234. The molecule has 0 fully saturated rings. The number of carbonyl (C=O) groups excluding carboxylic acids is 1. The van der Waals surface area contributed by atoms with Crippen LogP contribution in [0.15, 0.2) is 10.6 Å². The molecule has 1 amide bonds. The van der Waals surface area contributed by atoms with Crippen LogP contribution >= 0.6 is 0 Å². The van der Waals surface area contributed by atoms with Crippen LogP contribution in [-0.2, 0) is 18.2 Å². The smallest absolute Gasteiger partial charge is 0.410 e. The van der Waals surface area contributed by atoms with Crippen LogP contribution in [0.1, 0.15) is 39.2 Å². The van der Waals surface area contributed by atoms with Crippen molar-refractivity contribution in [3.05, 3.63) is 17.6 Å². The second-order valence-electron chi connectivity index (χ2n) is 6.95. The monoisotopic (exact) mass is 335 g/mol. The zero-order valence-corrected chi connectivity index (χ0v) is 15.3. The van der Waals surface area contributed by atoms with Gasteiger partial charge in [0, 0.05) is 26.6 Å². The molecular weight excluding hydrogens is 310 g/mol. The summed E-state index contributed by atoms with van der Waals surface area (Å²) in [7, 11) is 3.52. The van der Waals surface area contributed by atoms with E-state index in [0.29, 0.717) is 18.1 Å². The van der Waals surface area contributed by atoms with Crippen molar-refractivity contribution in [1.29, 1.82) is 0 Å². The van der Waals surface area contributed by atoms with Crippen LogP contribution in [0.4, 0.5) is 4.79 Å². The third-order valence-electron chi connectivity index (χ3n) is 3.51. The number of likely N-dealkylation sites (N-methyl/N-ethyl adjacent to an activating group) is 1. The van der Waals surface area contributed by atoms with E-state index in [-0.39, 0.29) is 12.1 Å². The molecule has 8 heteroatoms. The topological polar surface area (TPSA) is 86.3 Å². The number of rotatable bonds is 4. The Morgan fingerprint density at radius 2 is 2.12 bits per heavy atom. The van der Waals surface area contributed by atoms with E-state index < -0.39 is 5.60 Å². The van der Waals surface area contributed by atoms with E-state index in [4.69, 9.17) is 9.26 Å². The lowest BCUT2D eigenvalue weighted by Gasteiger charge is -2.28. The van der Waals surface area contributed by atoms with Gasteiger partial charge < -0.3 is 14.2 Å². The summed E-state index contributed by atoms with van der Waals surface area (Å²) in [5, 5.41) is 8.26. The maximum absolute atomic E-state index is 12.1. The molecule has 0 aliphatic rings. The van der Waals surface area contributed by atoms with Gasteiger partial charge in [-0.05, 0) is 40.7 Å². The van der Waals surface area contributed by atoms with Gasteiger partial charge in [0.2, 0.25) is 0 Å². The molecule has 0 saturated heterocycles. The lowest BCUT2D eigenvalue weighted by atomic mass is 10.2. The van der Waals surface area contributed by atoms with Crippen molar-refractivity contribution in [1.82, 2.24) is 24.8 Å². The van der Waals surface area contributed by atoms with Gasteiger partial charge in [-0.2, -0.15) is 10.1 Å². The van der Waals surface area contributed by atoms with E-state index in [1.807, 2.05) is 47.7 Å². The maximum atomic E-state index is 12.1. The molecule has 24 heavy (non-hydrogen) atoms. The average molecular weight is 335 g/mol. The van der Waals surface area contributed by atoms with E-state index in [1.54, 1.807) is 11.7 Å². The second-order valence-corrected chi connectivity index (χ2v) is 6.95. The minimum atomic E-state index is -0.526. The van der Waals surface area contributed by atoms with E-state index >= 15 is 0 Å². The number of ether oxygens (including phenoxy) is 1. The van der Waals surface area contributed by atoms with Crippen molar-refractivity contribution in [3.8, 4) is 11.6 Å². The first-order valence-corrected chi connectivity index (χ1v) is 7.86. The standard InChI is InChI=1S/C16H25N5O3/c1-10-8-12(21(7)18-10)14-17-13(19-24-14)9-11(2)20(6)15(22)23-16(3,4)5/h8,11H,9H2,1-7H3. The van der Waals surface area contributed by atoms with Crippen LogP contribution in [0.5, 0.6) is 0 Å². The van der Waals surface area contributed by atoms with Crippen LogP contribution in [0.2, 0.25) is 0 Å². The first-order chi connectivity index (χ1) is 11.1. The number of hydrogen-bond donors (Lipinski definition) is 0. The van der Waals surface area contributed by atoms with Gasteiger partial charge in [0.05, 0.1) is 5.69 Å². The molecule has 1 unspecified atom stereocenters. The SMILES string of the molecule is Cc1cc(-c2nc(CC(C)N(C)C(=O)OC(C)(C)C)no2)n(C)n1. The molecule has 2 aromatic heterocycles. The molecule has 0 aromatic carbocycles. The fourth-order valence-electron chi connectivity index (χ4n) is 2.17. The Balaban J connectivity index is 2.04. The molecule has 0 saturated carbocycles. The maximum Gasteiger partial charge on any atom is 0.410 e. The summed E-state index contributed by atoms with van der Waals surface area (Å²) < 4.78 is 12.4. The van der Waals surface area contributed by atoms with Crippen LogP contribution in [0.3, 0.4) is 0 Å². The van der Waals surface area contributed by atoms with Crippen molar-refractivity contribution < 1.29 is 14.1 Å². The first-order valence-electron chi connectivity index (χ1n) is 7.86. The highest BCUT2D eigenvalue weighted by molar-refractivity contribution is 5.68. The summed E-state index contributed by atoms with van der Waals surface area (Å²) >= 11 is 0. The molecule has 1 atom stereocenters. The van der Waals surface area contributed by atoms with E-state index in [9.17, 15) is 4.79 Å². The van der Waals surface area contributed by atoms with E-state index in [1.165, 1.54) is 4.90 Å². The number of aromatic nitrogens is 4. The fraction of sp³-hybridized carbons (Fsp3) is 0.625. The van der Waals surface area contributed by atoms with Crippen molar-refractivity contribution in [2.75, 3.05) is 7.05 Å². The summed E-state index contributed by atoms with van der Waals surface area (Å²) in [4.78, 5) is 18.0. The van der Waals surface area contributed by atoms with Gasteiger partial charge in [0.15, 0.2) is 5.82 Å². The molecule has 8 nitrogen and oxygen atoms in total. The number of hydrogen-bond acceptors (Lipinski definition) is 6. The summed E-state index contributed by atoms with van der Waals surface area (Å²) in [6, 6.07) is 1.76. The molecule has 0 N–H and O–H groups in total. The molecular formula is C16H25N5O3. The molecule has 132 valence electrons. The van der Waals surface area contributed by atoms with Crippen molar-refractivity contribution in [2.24, 2.45) is 7.05 Å². The molecule has 0 aliphatic carbocycles. The molecule has 2 heterocycles. The Hall–Kier alpha value is -2.38. The zero-order chi connectivity index (χ0) is 18.1. The Labute approximate surface area is 141 Å². The minimum Gasteiger partial charge on any atom is -0.444 e. The lowest BCUT2D eigenvalue weighted by Crippen LogP contribution is -2.40. The highest BCUT2D eigenvalue weighted by Crippen LogP contribution is 2.18.